The number of rotatable bonds is 5. The fourth-order valence-electron chi connectivity index (χ4n) is 2.05. The molecule has 0 amide bonds. The normalized spacial score (nSPS) is 13.1. The van der Waals surface area contributed by atoms with Crippen LogP contribution in [0.4, 0.5) is 13.2 Å². The summed E-state index contributed by atoms with van der Waals surface area (Å²) >= 11 is 5.62. The molecule has 2 aromatic rings. The van der Waals surface area contributed by atoms with Crippen LogP contribution in [0.2, 0.25) is 0 Å². The first-order valence-corrected chi connectivity index (χ1v) is 6.95. The summed E-state index contributed by atoms with van der Waals surface area (Å²) in [6.07, 6.45) is -4.93. The summed E-state index contributed by atoms with van der Waals surface area (Å²) in [7, 11) is 0. The molecule has 112 valence electrons. The fraction of sp³-hybridized carbons (Fsp3) is 0.250. The van der Waals surface area contributed by atoms with Gasteiger partial charge in [-0.2, -0.15) is 13.2 Å². The Labute approximate surface area is 126 Å². The molecule has 1 nitrogen and oxygen atoms in total. The van der Waals surface area contributed by atoms with E-state index in [-0.39, 0.29) is 12.5 Å². The van der Waals surface area contributed by atoms with Crippen molar-refractivity contribution in [2.75, 3.05) is 12.5 Å². The highest BCUT2D eigenvalue weighted by atomic mass is 35.5. The Balaban J connectivity index is 2.37. The van der Waals surface area contributed by atoms with Gasteiger partial charge < -0.3 is 4.74 Å². The van der Waals surface area contributed by atoms with Crippen LogP contribution in [0.3, 0.4) is 0 Å². The molecule has 0 N–H and O–H groups in total. The molecule has 0 fully saturated rings. The third-order valence-electron chi connectivity index (χ3n) is 2.98. The molecule has 0 spiro atoms. The van der Waals surface area contributed by atoms with E-state index < -0.39 is 17.8 Å². The van der Waals surface area contributed by atoms with Crippen LogP contribution >= 0.6 is 11.6 Å². The third kappa shape index (κ3) is 4.22. The van der Waals surface area contributed by atoms with Gasteiger partial charge in [0.15, 0.2) is 0 Å². The number of benzene rings is 2. The molecule has 5 heteroatoms. The van der Waals surface area contributed by atoms with E-state index in [0.717, 1.165) is 17.7 Å². The summed E-state index contributed by atoms with van der Waals surface area (Å²) < 4.78 is 44.1. The van der Waals surface area contributed by atoms with Crippen LogP contribution in [0, 0.1) is 0 Å². The molecule has 21 heavy (non-hydrogen) atoms. The van der Waals surface area contributed by atoms with Gasteiger partial charge in [0.05, 0.1) is 12.2 Å². The second-order valence-corrected chi connectivity index (χ2v) is 4.85. The average Bonchev–Trinajstić information content (AvgIpc) is 2.48. The molecule has 0 heterocycles. The van der Waals surface area contributed by atoms with Crippen molar-refractivity contribution in [2.24, 2.45) is 0 Å². The maximum atomic E-state index is 12.8. The Morgan fingerprint density at radius 1 is 0.952 bits per heavy atom. The second kappa shape index (κ2) is 6.96. The summed E-state index contributed by atoms with van der Waals surface area (Å²) in [5, 5.41) is 0. The quantitative estimate of drug-likeness (QED) is 0.702. The first-order valence-electron chi connectivity index (χ1n) is 6.42. The molecule has 0 aromatic heterocycles. The number of ether oxygens (including phenoxy) is 1. The molecular formula is C16H14ClF3O. The first-order chi connectivity index (χ1) is 10.0. The Morgan fingerprint density at radius 3 is 2.24 bits per heavy atom. The van der Waals surface area contributed by atoms with Crippen molar-refractivity contribution in [1.29, 1.82) is 0 Å². The van der Waals surface area contributed by atoms with Crippen LogP contribution in [0.1, 0.15) is 22.8 Å². The molecular weight excluding hydrogens is 301 g/mol. The third-order valence-corrected chi connectivity index (χ3v) is 3.13. The van der Waals surface area contributed by atoms with E-state index in [2.05, 4.69) is 0 Å². The van der Waals surface area contributed by atoms with Gasteiger partial charge in [-0.25, -0.2) is 0 Å². The zero-order chi connectivity index (χ0) is 15.3. The Bertz CT molecular complexity index is 569. The molecule has 0 bridgehead atoms. The lowest BCUT2D eigenvalue weighted by Crippen LogP contribution is -2.11. The summed E-state index contributed by atoms with van der Waals surface area (Å²) in [4.78, 5) is 0. The van der Waals surface area contributed by atoms with Gasteiger partial charge >= 0.3 is 6.18 Å². The molecule has 0 saturated carbocycles. The van der Waals surface area contributed by atoms with Gasteiger partial charge in [0, 0.05) is 5.88 Å². The predicted molar refractivity (Wildman–Crippen MR) is 76.4 cm³/mol. The van der Waals surface area contributed by atoms with Crippen LogP contribution < -0.4 is 0 Å². The molecule has 2 rings (SSSR count). The minimum Gasteiger partial charge on any atom is -0.368 e. The van der Waals surface area contributed by atoms with Crippen molar-refractivity contribution in [3.05, 3.63) is 71.3 Å². The maximum absolute atomic E-state index is 12.8. The van der Waals surface area contributed by atoms with Crippen molar-refractivity contribution in [1.82, 2.24) is 0 Å². The number of halogens is 4. The van der Waals surface area contributed by atoms with Gasteiger partial charge in [-0.1, -0.05) is 42.5 Å². The van der Waals surface area contributed by atoms with Crippen LogP contribution in [0.15, 0.2) is 54.6 Å². The Hall–Kier alpha value is -1.52. The SMILES string of the molecule is FC(F)(F)c1cccc(C(OCCCl)c2ccccc2)c1. The Kier molecular flexibility index (Phi) is 5.26. The minimum atomic E-state index is -4.37. The maximum Gasteiger partial charge on any atom is 0.416 e. The summed E-state index contributed by atoms with van der Waals surface area (Å²) in [5.74, 6) is 0.280. The van der Waals surface area contributed by atoms with Crippen LogP contribution in [-0.4, -0.2) is 12.5 Å². The lowest BCUT2D eigenvalue weighted by molar-refractivity contribution is -0.137. The smallest absolute Gasteiger partial charge is 0.368 e. The van der Waals surface area contributed by atoms with E-state index in [1.54, 1.807) is 6.07 Å². The van der Waals surface area contributed by atoms with E-state index in [4.69, 9.17) is 16.3 Å². The topological polar surface area (TPSA) is 9.23 Å². The lowest BCUT2D eigenvalue weighted by atomic mass is 9.99. The zero-order valence-corrected chi connectivity index (χ0v) is 11.9. The van der Waals surface area contributed by atoms with Crippen LogP contribution in [0.5, 0.6) is 0 Å². The van der Waals surface area contributed by atoms with Crippen LogP contribution in [-0.2, 0) is 10.9 Å². The van der Waals surface area contributed by atoms with Gasteiger partial charge in [-0.3, -0.25) is 0 Å². The Morgan fingerprint density at radius 2 is 1.62 bits per heavy atom. The largest absolute Gasteiger partial charge is 0.416 e. The van der Waals surface area contributed by atoms with Gasteiger partial charge in [0.1, 0.15) is 6.10 Å². The molecule has 2 aromatic carbocycles. The summed E-state index contributed by atoms with van der Waals surface area (Å²) in [6, 6.07) is 14.3. The van der Waals surface area contributed by atoms with Crippen molar-refractivity contribution in [3.8, 4) is 0 Å². The van der Waals surface area contributed by atoms with E-state index in [0.29, 0.717) is 5.56 Å². The van der Waals surface area contributed by atoms with Crippen molar-refractivity contribution in [3.63, 3.8) is 0 Å². The summed E-state index contributed by atoms with van der Waals surface area (Å²) in [6.45, 7) is 0.261. The van der Waals surface area contributed by atoms with Gasteiger partial charge in [-0.15, -0.1) is 11.6 Å². The van der Waals surface area contributed by atoms with E-state index in [9.17, 15) is 13.2 Å². The van der Waals surface area contributed by atoms with E-state index >= 15 is 0 Å². The number of alkyl halides is 4. The van der Waals surface area contributed by atoms with E-state index in [1.807, 2.05) is 30.3 Å². The highest BCUT2D eigenvalue weighted by Crippen LogP contribution is 2.33. The number of hydrogen-bond donors (Lipinski definition) is 0. The van der Waals surface area contributed by atoms with Crippen molar-refractivity contribution in [2.45, 2.75) is 12.3 Å². The molecule has 0 aliphatic heterocycles. The monoisotopic (exact) mass is 314 g/mol. The predicted octanol–water partition coefficient (Wildman–Crippen LogP) is 5.05. The minimum absolute atomic E-state index is 0.261. The first kappa shape index (κ1) is 15.9. The highest BCUT2D eigenvalue weighted by molar-refractivity contribution is 6.17. The standard InChI is InChI=1S/C16H14ClF3O/c17-9-10-21-15(12-5-2-1-3-6-12)13-7-4-8-14(11-13)16(18,19)20/h1-8,11,15H,9-10H2. The molecule has 1 atom stereocenters. The zero-order valence-electron chi connectivity index (χ0n) is 11.1. The molecule has 0 radical (unpaired) electrons. The highest BCUT2D eigenvalue weighted by Gasteiger charge is 2.31. The molecule has 1 unspecified atom stereocenters. The number of hydrogen-bond acceptors (Lipinski definition) is 1. The second-order valence-electron chi connectivity index (χ2n) is 4.47. The van der Waals surface area contributed by atoms with Gasteiger partial charge in [0.2, 0.25) is 0 Å². The summed E-state index contributed by atoms with van der Waals surface area (Å²) in [5.41, 5.74) is 0.568. The van der Waals surface area contributed by atoms with Crippen LogP contribution in [0.25, 0.3) is 0 Å². The van der Waals surface area contributed by atoms with Gasteiger partial charge in [-0.05, 0) is 23.3 Å². The van der Waals surface area contributed by atoms with Crippen molar-refractivity contribution < 1.29 is 17.9 Å². The van der Waals surface area contributed by atoms with Crippen molar-refractivity contribution >= 4 is 11.6 Å². The molecule has 0 aliphatic carbocycles. The van der Waals surface area contributed by atoms with E-state index in [1.165, 1.54) is 6.07 Å². The fourth-order valence-corrected chi connectivity index (χ4v) is 2.14. The molecule has 0 aliphatic rings. The molecule has 0 saturated heterocycles. The van der Waals surface area contributed by atoms with Gasteiger partial charge in [0.25, 0.3) is 0 Å². The average molecular weight is 315 g/mol. The lowest BCUT2D eigenvalue weighted by Gasteiger charge is -2.19.